The van der Waals surface area contributed by atoms with Crippen LogP contribution in [0.4, 0.5) is 0 Å². The lowest BCUT2D eigenvalue weighted by Crippen LogP contribution is -2.26. The Hall–Kier alpha value is -3.32. The number of nitrogens with one attached hydrogen (secondary N) is 1. The third kappa shape index (κ3) is 3.84. The Labute approximate surface area is 187 Å². The number of fused-ring (bicyclic) bond motifs is 1. The van der Waals surface area contributed by atoms with E-state index in [-0.39, 0.29) is 29.1 Å². The Balaban J connectivity index is 1.95. The van der Waals surface area contributed by atoms with Crippen molar-refractivity contribution >= 4 is 5.91 Å². The van der Waals surface area contributed by atoms with Crippen molar-refractivity contribution in [2.45, 2.75) is 39.7 Å². The van der Waals surface area contributed by atoms with Gasteiger partial charge in [-0.05, 0) is 54.1 Å². The van der Waals surface area contributed by atoms with Gasteiger partial charge in [-0.25, -0.2) is 0 Å². The van der Waals surface area contributed by atoms with Crippen LogP contribution in [-0.2, 0) is 13.0 Å². The van der Waals surface area contributed by atoms with Gasteiger partial charge in [0.05, 0.1) is 5.56 Å². The summed E-state index contributed by atoms with van der Waals surface area (Å²) in [6, 6.07) is 9.14. The van der Waals surface area contributed by atoms with Gasteiger partial charge < -0.3 is 25.0 Å². The minimum Gasteiger partial charge on any atom is -0.508 e. The molecule has 0 spiro atoms. The molecule has 0 saturated heterocycles. The molecule has 0 saturated carbocycles. The summed E-state index contributed by atoms with van der Waals surface area (Å²) in [5, 5.41) is 28.5. The van der Waals surface area contributed by atoms with E-state index in [0.29, 0.717) is 28.9 Å². The van der Waals surface area contributed by atoms with Gasteiger partial charge in [0, 0.05) is 31.8 Å². The summed E-state index contributed by atoms with van der Waals surface area (Å²) in [5.74, 6) is -0.200. The van der Waals surface area contributed by atoms with Gasteiger partial charge in [-0.3, -0.25) is 4.79 Å². The number of nitrogens with zero attached hydrogens (tertiary/aromatic N) is 2. The third-order valence-corrected chi connectivity index (χ3v) is 6.11. The highest BCUT2D eigenvalue weighted by molar-refractivity contribution is 6.02. The number of phenols is 2. The average Bonchev–Trinajstić information content (AvgIpc) is 3.22. The molecule has 4 rings (SSSR count). The van der Waals surface area contributed by atoms with Crippen LogP contribution in [0.2, 0.25) is 0 Å². The summed E-state index contributed by atoms with van der Waals surface area (Å²) in [4.78, 5) is 14.7. The highest BCUT2D eigenvalue weighted by atomic mass is 16.5. The fourth-order valence-corrected chi connectivity index (χ4v) is 4.08. The minimum atomic E-state index is -0.275. The van der Waals surface area contributed by atoms with Gasteiger partial charge in [0.25, 0.3) is 5.91 Å². The van der Waals surface area contributed by atoms with Gasteiger partial charge in [0.2, 0.25) is 5.76 Å². The quantitative estimate of drug-likeness (QED) is 0.553. The summed E-state index contributed by atoms with van der Waals surface area (Å²) < 4.78 is 5.59. The summed E-state index contributed by atoms with van der Waals surface area (Å²) in [6.07, 6.45) is 0.893. The van der Waals surface area contributed by atoms with E-state index >= 15 is 0 Å². The number of aromatic nitrogens is 1. The predicted molar refractivity (Wildman–Crippen MR) is 123 cm³/mol. The van der Waals surface area contributed by atoms with Crippen LogP contribution in [0.3, 0.4) is 0 Å². The van der Waals surface area contributed by atoms with Crippen molar-refractivity contribution < 1.29 is 19.5 Å². The Bertz CT molecular complexity index is 1170. The predicted octanol–water partition coefficient (Wildman–Crippen LogP) is 4.28. The lowest BCUT2D eigenvalue weighted by molar-refractivity contribution is 0.0762. The number of aromatic hydroxyl groups is 2. The molecule has 3 N–H and O–H groups in total. The molecule has 2 aromatic carbocycles. The van der Waals surface area contributed by atoms with Crippen molar-refractivity contribution in [3.63, 3.8) is 0 Å². The number of carbonyl (C=O) groups excluding carboxylic acids is 1. The first kappa shape index (κ1) is 21.9. The Kier molecular flexibility index (Phi) is 5.93. The van der Waals surface area contributed by atoms with Crippen LogP contribution in [0.1, 0.15) is 53.9 Å². The van der Waals surface area contributed by atoms with Crippen molar-refractivity contribution in [2.24, 2.45) is 0 Å². The fraction of sp³-hybridized carbons (Fsp3) is 0.360. The normalized spacial score (nSPS) is 13.3. The molecule has 1 aliphatic rings. The number of carbonyl (C=O) groups is 1. The number of benzene rings is 2. The third-order valence-electron chi connectivity index (χ3n) is 6.11. The van der Waals surface area contributed by atoms with Gasteiger partial charge in [-0.2, -0.15) is 0 Å². The lowest BCUT2D eigenvalue weighted by Gasteiger charge is -2.19. The van der Waals surface area contributed by atoms with Gasteiger partial charge in [0.15, 0.2) is 0 Å². The van der Waals surface area contributed by atoms with E-state index in [1.807, 2.05) is 26.8 Å². The maximum Gasteiger partial charge on any atom is 0.292 e. The van der Waals surface area contributed by atoms with Gasteiger partial charge in [0.1, 0.15) is 17.2 Å². The van der Waals surface area contributed by atoms with E-state index in [2.05, 4.69) is 22.6 Å². The number of hydrogen-bond donors (Lipinski definition) is 3. The van der Waals surface area contributed by atoms with E-state index < -0.39 is 0 Å². The van der Waals surface area contributed by atoms with Crippen LogP contribution in [0, 0.1) is 0 Å². The van der Waals surface area contributed by atoms with E-state index in [9.17, 15) is 15.0 Å². The highest BCUT2D eigenvalue weighted by Crippen LogP contribution is 2.43. The molecule has 1 aromatic heterocycles. The van der Waals surface area contributed by atoms with E-state index in [1.54, 1.807) is 18.0 Å². The molecule has 7 nitrogen and oxygen atoms in total. The van der Waals surface area contributed by atoms with Crippen LogP contribution in [0.25, 0.3) is 22.4 Å². The first-order chi connectivity index (χ1) is 15.3. The molecule has 1 amide bonds. The molecule has 0 fully saturated rings. The lowest BCUT2D eigenvalue weighted by atomic mass is 9.91. The minimum absolute atomic E-state index is 0.0228. The van der Waals surface area contributed by atoms with Crippen molar-refractivity contribution in [2.75, 3.05) is 20.1 Å². The van der Waals surface area contributed by atoms with Crippen LogP contribution in [0.5, 0.6) is 11.5 Å². The van der Waals surface area contributed by atoms with Crippen LogP contribution in [-0.4, -0.2) is 46.3 Å². The second-order valence-electron chi connectivity index (χ2n) is 8.55. The van der Waals surface area contributed by atoms with Crippen molar-refractivity contribution in [1.82, 2.24) is 15.4 Å². The smallest absolute Gasteiger partial charge is 0.292 e. The molecule has 0 radical (unpaired) electrons. The molecule has 32 heavy (non-hydrogen) atoms. The van der Waals surface area contributed by atoms with Crippen LogP contribution in [0.15, 0.2) is 34.9 Å². The SMILES string of the molecule is CCN(C)C(=O)c1onc(-c2cc(C(C)C)c(O)cc2O)c1-c1ccc2c(c1)CCNC2. The van der Waals surface area contributed by atoms with Crippen molar-refractivity contribution in [3.8, 4) is 33.9 Å². The summed E-state index contributed by atoms with van der Waals surface area (Å²) in [7, 11) is 1.71. The zero-order valence-corrected chi connectivity index (χ0v) is 18.9. The molecule has 2 heterocycles. The molecule has 3 aromatic rings. The van der Waals surface area contributed by atoms with E-state index in [0.717, 1.165) is 25.1 Å². The van der Waals surface area contributed by atoms with Crippen LogP contribution < -0.4 is 5.32 Å². The number of phenolic OH excluding ortho intramolecular Hbond substituents is 2. The second kappa shape index (κ2) is 8.67. The first-order valence-corrected chi connectivity index (χ1v) is 11.0. The molecule has 1 aliphatic heterocycles. The molecule has 0 unspecified atom stereocenters. The average molecular weight is 436 g/mol. The van der Waals surface area contributed by atoms with Crippen molar-refractivity contribution in [1.29, 1.82) is 0 Å². The second-order valence-corrected chi connectivity index (χ2v) is 8.55. The Morgan fingerprint density at radius 3 is 2.69 bits per heavy atom. The molecular formula is C25H29N3O4. The molecule has 168 valence electrons. The Morgan fingerprint density at radius 1 is 1.19 bits per heavy atom. The van der Waals surface area contributed by atoms with E-state index in [1.165, 1.54) is 17.2 Å². The largest absolute Gasteiger partial charge is 0.508 e. The maximum absolute atomic E-state index is 13.1. The van der Waals surface area contributed by atoms with Crippen molar-refractivity contribution in [3.05, 3.63) is 52.8 Å². The summed E-state index contributed by atoms with van der Waals surface area (Å²) in [6.45, 7) is 8.04. The van der Waals surface area contributed by atoms with E-state index in [4.69, 9.17) is 4.52 Å². The molecule has 0 atom stereocenters. The number of hydrogen-bond acceptors (Lipinski definition) is 6. The molecular weight excluding hydrogens is 406 g/mol. The highest BCUT2D eigenvalue weighted by Gasteiger charge is 2.29. The maximum atomic E-state index is 13.1. The van der Waals surface area contributed by atoms with Gasteiger partial charge in [-0.1, -0.05) is 37.2 Å². The zero-order valence-electron chi connectivity index (χ0n) is 18.9. The van der Waals surface area contributed by atoms with Gasteiger partial charge >= 0.3 is 0 Å². The molecule has 0 bridgehead atoms. The molecule has 7 heteroatoms. The molecule has 0 aliphatic carbocycles. The standard InChI is InChI=1S/C25H29N3O4/c1-5-28(4)25(31)24-22(16-6-7-17-13-26-9-8-15(17)10-16)23(27-32-24)19-11-18(14(2)3)20(29)12-21(19)30/h6-7,10-12,14,26,29-30H,5,8-9,13H2,1-4H3. The number of amides is 1. The summed E-state index contributed by atoms with van der Waals surface area (Å²) >= 11 is 0. The monoisotopic (exact) mass is 435 g/mol. The van der Waals surface area contributed by atoms with Crippen LogP contribution >= 0.6 is 0 Å². The zero-order chi connectivity index (χ0) is 23.0. The van der Waals surface area contributed by atoms with Gasteiger partial charge in [-0.15, -0.1) is 0 Å². The topological polar surface area (TPSA) is 98.8 Å². The first-order valence-electron chi connectivity index (χ1n) is 11.0. The summed E-state index contributed by atoms with van der Waals surface area (Å²) in [5.41, 5.74) is 5.29. The fourth-order valence-electron chi connectivity index (χ4n) is 4.08. The Morgan fingerprint density at radius 2 is 1.97 bits per heavy atom. The number of rotatable bonds is 5.